The number of anilines is 1. The lowest BCUT2D eigenvalue weighted by molar-refractivity contribution is -0.123. The van der Waals surface area contributed by atoms with Gasteiger partial charge in [0.2, 0.25) is 5.91 Å². The molecule has 2 heterocycles. The summed E-state index contributed by atoms with van der Waals surface area (Å²) in [7, 11) is 0. The molecule has 1 atom stereocenters. The number of hydrogen-bond acceptors (Lipinski definition) is 4. The number of piperidine rings is 1. The highest BCUT2D eigenvalue weighted by Gasteiger charge is 2.23. The molecule has 3 rings (SSSR count). The Balaban J connectivity index is 1.57. The second kappa shape index (κ2) is 7.53. The number of hydrogen-bond donors (Lipinski definition) is 2. The minimum atomic E-state index is -0.177. The van der Waals surface area contributed by atoms with E-state index in [1.54, 1.807) is 0 Å². The number of carbonyl (C=O) groups excluding carboxylic acids is 1. The van der Waals surface area contributed by atoms with Crippen LogP contribution in [0.15, 0.2) is 40.8 Å². The van der Waals surface area contributed by atoms with E-state index < -0.39 is 0 Å². The Hall–Kier alpha value is -2.27. The Morgan fingerprint density at radius 1 is 1.38 bits per heavy atom. The zero-order valence-corrected chi connectivity index (χ0v) is 14.1. The van der Waals surface area contributed by atoms with E-state index in [9.17, 15) is 4.79 Å². The lowest BCUT2D eigenvalue weighted by Crippen LogP contribution is -2.40. The zero-order chi connectivity index (χ0) is 16.9. The molecule has 0 spiro atoms. The maximum atomic E-state index is 11.4. The molecule has 5 nitrogen and oxygen atoms in total. The number of aryl methyl sites for hydroxylation is 1. The van der Waals surface area contributed by atoms with Gasteiger partial charge in [-0.15, -0.1) is 0 Å². The van der Waals surface area contributed by atoms with Crippen molar-refractivity contribution >= 4 is 11.6 Å². The summed E-state index contributed by atoms with van der Waals surface area (Å²) in [6, 6.07) is 12.4. The molecule has 0 unspecified atom stereocenters. The van der Waals surface area contributed by atoms with E-state index in [1.165, 1.54) is 5.56 Å². The molecule has 0 aliphatic carbocycles. The van der Waals surface area contributed by atoms with Gasteiger partial charge >= 0.3 is 0 Å². The van der Waals surface area contributed by atoms with Gasteiger partial charge in [-0.2, -0.15) is 0 Å². The fourth-order valence-corrected chi connectivity index (χ4v) is 3.24. The van der Waals surface area contributed by atoms with Crippen LogP contribution >= 0.6 is 0 Å². The molecule has 1 aliphatic heterocycles. The van der Waals surface area contributed by atoms with Crippen LogP contribution < -0.4 is 11.1 Å². The molecule has 1 amide bonds. The van der Waals surface area contributed by atoms with Gasteiger partial charge in [0.15, 0.2) is 0 Å². The van der Waals surface area contributed by atoms with Crippen molar-refractivity contribution in [2.75, 3.05) is 18.4 Å². The van der Waals surface area contributed by atoms with Gasteiger partial charge in [0.1, 0.15) is 11.5 Å². The fraction of sp³-hybridized carbons (Fsp3) is 0.421. The predicted molar refractivity (Wildman–Crippen MR) is 94.4 cm³/mol. The van der Waals surface area contributed by atoms with E-state index in [0.717, 1.165) is 49.7 Å². The number of nitrogens with zero attached hydrogens (tertiary/aromatic N) is 1. The standard InChI is InChI=1S/C19H25N3O2/c1-14-7-8-18(24-14)11-21-17-6-2-4-15(10-17)12-22-9-3-5-16(13-22)19(20)23/h2,4,6-8,10,16,21H,3,5,9,11-13H2,1H3,(H2,20,23)/t16-/m0/s1. The number of rotatable bonds is 6. The fourth-order valence-electron chi connectivity index (χ4n) is 3.24. The van der Waals surface area contributed by atoms with Gasteiger partial charge in [0.05, 0.1) is 12.5 Å². The molecule has 0 radical (unpaired) electrons. The quantitative estimate of drug-likeness (QED) is 0.856. The Morgan fingerprint density at radius 2 is 2.25 bits per heavy atom. The second-order valence-electron chi connectivity index (χ2n) is 6.54. The van der Waals surface area contributed by atoms with Gasteiger partial charge in [-0.05, 0) is 56.1 Å². The topological polar surface area (TPSA) is 71.5 Å². The lowest BCUT2D eigenvalue weighted by atomic mass is 9.97. The monoisotopic (exact) mass is 327 g/mol. The van der Waals surface area contributed by atoms with Gasteiger partial charge in [-0.25, -0.2) is 0 Å². The van der Waals surface area contributed by atoms with Crippen LogP contribution in [0.5, 0.6) is 0 Å². The molecule has 1 saturated heterocycles. The normalized spacial score (nSPS) is 18.5. The molecular formula is C19H25N3O2. The third-order valence-corrected chi connectivity index (χ3v) is 4.50. The summed E-state index contributed by atoms with van der Waals surface area (Å²) < 4.78 is 5.58. The molecule has 128 valence electrons. The number of nitrogens with one attached hydrogen (secondary N) is 1. The molecular weight excluding hydrogens is 302 g/mol. The van der Waals surface area contributed by atoms with Crippen molar-refractivity contribution < 1.29 is 9.21 Å². The van der Waals surface area contributed by atoms with Gasteiger partial charge in [-0.1, -0.05) is 12.1 Å². The number of primary amides is 1. The molecule has 24 heavy (non-hydrogen) atoms. The molecule has 1 aromatic carbocycles. The van der Waals surface area contributed by atoms with E-state index in [4.69, 9.17) is 10.2 Å². The molecule has 1 fully saturated rings. The zero-order valence-electron chi connectivity index (χ0n) is 14.1. The molecule has 1 aliphatic rings. The Morgan fingerprint density at radius 3 is 3.00 bits per heavy atom. The van der Waals surface area contributed by atoms with Crippen molar-refractivity contribution in [3.8, 4) is 0 Å². The van der Waals surface area contributed by atoms with Crippen molar-refractivity contribution in [1.29, 1.82) is 0 Å². The summed E-state index contributed by atoms with van der Waals surface area (Å²) in [6.45, 7) is 5.25. The van der Waals surface area contributed by atoms with E-state index in [2.05, 4.69) is 34.5 Å². The molecule has 3 N–H and O–H groups in total. The molecule has 2 aromatic rings. The highest BCUT2D eigenvalue weighted by molar-refractivity contribution is 5.76. The summed E-state index contributed by atoms with van der Waals surface area (Å²) in [4.78, 5) is 13.7. The molecule has 5 heteroatoms. The predicted octanol–water partition coefficient (Wildman–Crippen LogP) is 2.90. The Bertz CT molecular complexity index is 695. The first-order valence-corrected chi connectivity index (χ1v) is 8.50. The van der Waals surface area contributed by atoms with Crippen molar-refractivity contribution in [3.05, 3.63) is 53.5 Å². The van der Waals surface area contributed by atoms with Crippen molar-refractivity contribution in [2.45, 2.75) is 32.9 Å². The van der Waals surface area contributed by atoms with Crippen LogP contribution in [0, 0.1) is 12.8 Å². The van der Waals surface area contributed by atoms with Crippen molar-refractivity contribution in [3.63, 3.8) is 0 Å². The highest BCUT2D eigenvalue weighted by atomic mass is 16.3. The van der Waals surface area contributed by atoms with E-state index in [0.29, 0.717) is 6.54 Å². The molecule has 0 bridgehead atoms. The number of furan rings is 1. The van der Waals surface area contributed by atoms with Crippen LogP contribution in [0.2, 0.25) is 0 Å². The summed E-state index contributed by atoms with van der Waals surface area (Å²) in [5.41, 5.74) is 7.77. The van der Waals surface area contributed by atoms with Crippen LogP contribution in [-0.4, -0.2) is 23.9 Å². The first kappa shape index (κ1) is 16.6. The second-order valence-corrected chi connectivity index (χ2v) is 6.54. The summed E-state index contributed by atoms with van der Waals surface area (Å²) in [5.74, 6) is 1.67. The van der Waals surface area contributed by atoms with Crippen LogP contribution in [0.25, 0.3) is 0 Å². The number of carbonyl (C=O) groups is 1. The van der Waals surface area contributed by atoms with E-state index in [-0.39, 0.29) is 11.8 Å². The van der Waals surface area contributed by atoms with Crippen molar-refractivity contribution in [1.82, 2.24) is 4.90 Å². The average Bonchev–Trinajstić information content (AvgIpc) is 2.99. The van der Waals surface area contributed by atoms with Gasteiger partial charge in [0, 0.05) is 18.8 Å². The molecule has 0 saturated carbocycles. The van der Waals surface area contributed by atoms with E-state index in [1.807, 2.05) is 19.1 Å². The Kier molecular flexibility index (Phi) is 5.20. The smallest absolute Gasteiger partial charge is 0.221 e. The lowest BCUT2D eigenvalue weighted by Gasteiger charge is -2.31. The highest BCUT2D eigenvalue weighted by Crippen LogP contribution is 2.20. The molecule has 1 aromatic heterocycles. The minimum absolute atomic E-state index is 0.0118. The number of benzene rings is 1. The first-order valence-electron chi connectivity index (χ1n) is 8.50. The first-order chi connectivity index (χ1) is 11.6. The number of nitrogens with two attached hydrogens (primary N) is 1. The maximum absolute atomic E-state index is 11.4. The van der Waals surface area contributed by atoms with Crippen LogP contribution in [0.1, 0.15) is 29.9 Å². The minimum Gasteiger partial charge on any atom is -0.465 e. The number of likely N-dealkylation sites (tertiary alicyclic amines) is 1. The summed E-state index contributed by atoms with van der Waals surface area (Å²) >= 11 is 0. The van der Waals surface area contributed by atoms with Crippen LogP contribution in [0.3, 0.4) is 0 Å². The van der Waals surface area contributed by atoms with Crippen LogP contribution in [0.4, 0.5) is 5.69 Å². The Labute approximate surface area is 142 Å². The van der Waals surface area contributed by atoms with Gasteiger partial charge < -0.3 is 15.5 Å². The van der Waals surface area contributed by atoms with Crippen molar-refractivity contribution in [2.24, 2.45) is 11.7 Å². The SMILES string of the molecule is Cc1ccc(CNc2cccc(CN3CCC[C@H](C(N)=O)C3)c2)o1. The third-order valence-electron chi connectivity index (χ3n) is 4.50. The maximum Gasteiger partial charge on any atom is 0.221 e. The third kappa shape index (κ3) is 4.38. The largest absolute Gasteiger partial charge is 0.465 e. The average molecular weight is 327 g/mol. The van der Waals surface area contributed by atoms with Crippen LogP contribution in [-0.2, 0) is 17.9 Å². The summed E-state index contributed by atoms with van der Waals surface area (Å²) in [5, 5.41) is 3.39. The van der Waals surface area contributed by atoms with Gasteiger partial charge in [-0.3, -0.25) is 9.69 Å². The van der Waals surface area contributed by atoms with E-state index >= 15 is 0 Å². The summed E-state index contributed by atoms with van der Waals surface area (Å²) in [6.07, 6.45) is 1.94. The van der Waals surface area contributed by atoms with Gasteiger partial charge in [0.25, 0.3) is 0 Å². The number of amides is 1.